The molecule has 8 nitrogen and oxygen atoms in total. The van der Waals surface area contributed by atoms with Gasteiger partial charge in [-0.1, -0.05) is 5.92 Å². The Bertz CT molecular complexity index is 1790. The van der Waals surface area contributed by atoms with E-state index in [0.29, 0.717) is 23.7 Å². The summed E-state index contributed by atoms with van der Waals surface area (Å²) in [5.41, 5.74) is 3.01. The Morgan fingerprint density at radius 3 is 2.51 bits per heavy atom. The van der Waals surface area contributed by atoms with Gasteiger partial charge < -0.3 is 15.0 Å². The minimum absolute atomic E-state index is 0.257. The smallest absolute Gasteiger partial charge is 0.175 e. The molecule has 5 aromatic rings. The standard InChI is InChI=1S/C28H25N5O3S/c1-28(2,34)17-33-18-31-25-11-5-19(14-26(25)33)4-10-24-23-15-27(30-16-20(23)12-13-29-24)32-21-6-8-22(9-7-21)37(3,35)36/h5-9,11-16,18,34H,17H2,1-3H3,(H,30,32). The zero-order chi connectivity index (χ0) is 26.2. The summed E-state index contributed by atoms with van der Waals surface area (Å²) in [6, 6.07) is 16.0. The number of hydrogen-bond donors (Lipinski definition) is 2. The zero-order valence-electron chi connectivity index (χ0n) is 20.6. The Morgan fingerprint density at radius 1 is 1.00 bits per heavy atom. The van der Waals surface area contributed by atoms with E-state index in [-0.39, 0.29) is 4.90 Å². The van der Waals surface area contributed by atoms with Gasteiger partial charge in [0.25, 0.3) is 0 Å². The van der Waals surface area contributed by atoms with Gasteiger partial charge in [-0.25, -0.2) is 23.4 Å². The quantitative estimate of drug-likeness (QED) is 0.339. The molecule has 0 amide bonds. The summed E-state index contributed by atoms with van der Waals surface area (Å²) in [5, 5.41) is 15.2. The first-order chi connectivity index (χ1) is 17.5. The molecule has 186 valence electrons. The van der Waals surface area contributed by atoms with Crippen LogP contribution in [0.3, 0.4) is 0 Å². The molecule has 3 aromatic heterocycles. The molecule has 37 heavy (non-hydrogen) atoms. The maximum absolute atomic E-state index is 11.7. The monoisotopic (exact) mass is 511 g/mol. The maximum Gasteiger partial charge on any atom is 0.175 e. The Hall–Kier alpha value is -4.26. The number of aliphatic hydroxyl groups is 1. The normalized spacial score (nSPS) is 11.9. The Balaban J connectivity index is 1.45. The number of pyridine rings is 2. The molecule has 0 fully saturated rings. The number of nitrogens with one attached hydrogen (secondary N) is 1. The van der Waals surface area contributed by atoms with E-state index in [2.05, 4.69) is 32.1 Å². The summed E-state index contributed by atoms with van der Waals surface area (Å²) in [6.07, 6.45) is 6.35. The van der Waals surface area contributed by atoms with Crippen molar-refractivity contribution in [3.63, 3.8) is 0 Å². The molecule has 0 aliphatic heterocycles. The van der Waals surface area contributed by atoms with Crippen LogP contribution in [-0.4, -0.2) is 44.9 Å². The van der Waals surface area contributed by atoms with Crippen molar-refractivity contribution in [2.24, 2.45) is 0 Å². The van der Waals surface area contributed by atoms with Gasteiger partial charge in [-0.15, -0.1) is 0 Å². The number of hydrogen-bond acceptors (Lipinski definition) is 7. The molecule has 3 heterocycles. The van der Waals surface area contributed by atoms with Crippen molar-refractivity contribution in [2.75, 3.05) is 11.6 Å². The molecule has 9 heteroatoms. The summed E-state index contributed by atoms with van der Waals surface area (Å²) in [6.45, 7) is 3.94. The number of anilines is 2. The number of imidazole rings is 1. The van der Waals surface area contributed by atoms with Crippen LogP contribution < -0.4 is 5.32 Å². The summed E-state index contributed by atoms with van der Waals surface area (Å²) < 4.78 is 25.3. The number of aromatic nitrogens is 4. The van der Waals surface area contributed by atoms with Gasteiger partial charge in [0.1, 0.15) is 11.5 Å². The van der Waals surface area contributed by atoms with E-state index in [1.165, 1.54) is 6.26 Å². The lowest BCUT2D eigenvalue weighted by atomic mass is 10.1. The first-order valence-electron chi connectivity index (χ1n) is 11.6. The fourth-order valence-electron chi connectivity index (χ4n) is 3.98. The number of rotatable bonds is 5. The molecule has 2 aromatic carbocycles. The largest absolute Gasteiger partial charge is 0.389 e. The fourth-order valence-corrected chi connectivity index (χ4v) is 4.61. The second-order valence-corrected chi connectivity index (χ2v) is 11.5. The minimum atomic E-state index is -3.26. The van der Waals surface area contributed by atoms with Gasteiger partial charge in [0.15, 0.2) is 9.84 Å². The number of nitrogens with zero attached hydrogens (tertiary/aromatic N) is 4. The third kappa shape index (κ3) is 5.61. The van der Waals surface area contributed by atoms with Crippen LogP contribution >= 0.6 is 0 Å². The molecule has 0 saturated heterocycles. The van der Waals surface area contributed by atoms with Gasteiger partial charge in [0.2, 0.25) is 0 Å². The van der Waals surface area contributed by atoms with Crippen molar-refractivity contribution < 1.29 is 13.5 Å². The molecule has 0 atom stereocenters. The van der Waals surface area contributed by atoms with Crippen molar-refractivity contribution in [2.45, 2.75) is 30.9 Å². The van der Waals surface area contributed by atoms with Crippen molar-refractivity contribution in [3.05, 3.63) is 84.6 Å². The first kappa shape index (κ1) is 24.4. The number of fused-ring (bicyclic) bond motifs is 2. The molecule has 0 aliphatic rings. The summed E-state index contributed by atoms with van der Waals surface area (Å²) in [5.74, 6) is 6.97. The molecule has 0 bridgehead atoms. The van der Waals surface area contributed by atoms with Crippen LogP contribution in [0.25, 0.3) is 21.8 Å². The van der Waals surface area contributed by atoms with E-state index in [9.17, 15) is 13.5 Å². The third-order valence-corrected chi connectivity index (χ3v) is 6.83. The molecule has 0 aliphatic carbocycles. The van der Waals surface area contributed by atoms with Gasteiger partial charge in [-0.05, 0) is 74.4 Å². The summed E-state index contributed by atoms with van der Waals surface area (Å²) in [4.78, 5) is 13.6. The molecular weight excluding hydrogens is 486 g/mol. The van der Waals surface area contributed by atoms with Gasteiger partial charge in [0, 0.05) is 40.7 Å². The molecule has 0 radical (unpaired) electrons. The Labute approximate surface area is 215 Å². The molecule has 0 saturated carbocycles. The number of benzene rings is 2. The zero-order valence-corrected chi connectivity index (χ0v) is 21.4. The summed E-state index contributed by atoms with van der Waals surface area (Å²) in [7, 11) is -3.26. The molecule has 0 spiro atoms. The highest BCUT2D eigenvalue weighted by Crippen LogP contribution is 2.23. The second kappa shape index (κ2) is 9.32. The van der Waals surface area contributed by atoms with Gasteiger partial charge in [0.05, 0.1) is 34.4 Å². The van der Waals surface area contributed by atoms with E-state index < -0.39 is 15.4 Å². The van der Waals surface area contributed by atoms with E-state index in [1.54, 1.807) is 56.8 Å². The van der Waals surface area contributed by atoms with Gasteiger partial charge >= 0.3 is 0 Å². The van der Waals surface area contributed by atoms with Crippen LogP contribution in [0.4, 0.5) is 11.5 Å². The van der Waals surface area contributed by atoms with Crippen LogP contribution in [0.15, 0.2) is 78.2 Å². The van der Waals surface area contributed by atoms with Gasteiger partial charge in [-0.2, -0.15) is 0 Å². The predicted molar refractivity (Wildman–Crippen MR) is 144 cm³/mol. The van der Waals surface area contributed by atoms with E-state index in [0.717, 1.165) is 27.4 Å². The lowest BCUT2D eigenvalue weighted by molar-refractivity contribution is 0.0626. The lowest BCUT2D eigenvalue weighted by Gasteiger charge is -2.18. The SMILES string of the molecule is CC(C)(O)Cn1cnc2ccc(C#Cc3nccc4cnc(Nc5ccc(S(C)(=O)=O)cc5)cc34)cc21. The molecule has 2 N–H and O–H groups in total. The Morgan fingerprint density at radius 2 is 1.78 bits per heavy atom. The average molecular weight is 512 g/mol. The van der Waals surface area contributed by atoms with Crippen LogP contribution in [0, 0.1) is 11.8 Å². The van der Waals surface area contributed by atoms with Crippen molar-refractivity contribution in [1.29, 1.82) is 0 Å². The predicted octanol–water partition coefficient (Wildman–Crippen LogP) is 4.30. The fraction of sp³-hybridized carbons (Fsp3) is 0.179. The lowest BCUT2D eigenvalue weighted by Crippen LogP contribution is -2.25. The first-order valence-corrected chi connectivity index (χ1v) is 13.5. The summed E-state index contributed by atoms with van der Waals surface area (Å²) >= 11 is 0. The topological polar surface area (TPSA) is 110 Å². The maximum atomic E-state index is 11.7. The highest BCUT2D eigenvalue weighted by molar-refractivity contribution is 7.90. The third-order valence-electron chi connectivity index (χ3n) is 5.71. The van der Waals surface area contributed by atoms with Crippen molar-refractivity contribution >= 4 is 43.1 Å². The van der Waals surface area contributed by atoms with E-state index in [1.807, 2.05) is 34.9 Å². The second-order valence-electron chi connectivity index (χ2n) is 9.51. The highest BCUT2D eigenvalue weighted by Gasteiger charge is 2.15. The molecule has 0 unspecified atom stereocenters. The van der Waals surface area contributed by atoms with Crippen molar-refractivity contribution in [3.8, 4) is 11.8 Å². The van der Waals surface area contributed by atoms with Crippen LogP contribution in [0.1, 0.15) is 25.1 Å². The highest BCUT2D eigenvalue weighted by atomic mass is 32.2. The average Bonchev–Trinajstić information content (AvgIpc) is 3.23. The molecule has 5 rings (SSSR count). The van der Waals surface area contributed by atoms with Crippen LogP contribution in [0.5, 0.6) is 0 Å². The number of sulfone groups is 1. The molecular formula is C28H25N5O3S. The Kier molecular flexibility index (Phi) is 6.15. The van der Waals surface area contributed by atoms with Crippen molar-refractivity contribution in [1.82, 2.24) is 19.5 Å². The van der Waals surface area contributed by atoms with Crippen LogP contribution in [0.2, 0.25) is 0 Å². The van der Waals surface area contributed by atoms with Crippen LogP contribution in [-0.2, 0) is 16.4 Å². The van der Waals surface area contributed by atoms with E-state index in [4.69, 9.17) is 0 Å². The van der Waals surface area contributed by atoms with E-state index >= 15 is 0 Å². The minimum Gasteiger partial charge on any atom is -0.389 e. The van der Waals surface area contributed by atoms with Gasteiger partial charge in [-0.3, -0.25) is 0 Å².